The van der Waals surface area contributed by atoms with Crippen LogP contribution in [0.4, 0.5) is 5.69 Å². The molecule has 1 atom stereocenters. The average Bonchev–Trinajstić information content (AvgIpc) is 2.89. The van der Waals surface area contributed by atoms with Gasteiger partial charge in [0, 0.05) is 17.3 Å². The number of rotatable bonds is 4. The smallest absolute Gasteiger partial charge is 0.267 e. The fourth-order valence-electron chi connectivity index (χ4n) is 2.42. The molecule has 2 aromatic rings. The number of ether oxygens (including phenoxy) is 2. The predicted molar refractivity (Wildman–Crippen MR) is 83.3 cm³/mol. The van der Waals surface area contributed by atoms with Crippen LogP contribution in [0.2, 0.25) is 0 Å². The first-order valence-electron chi connectivity index (χ1n) is 7.23. The SMILES string of the molecule is COc1ccc(NC(=O)Cn2nc3c(cc2=O)COC3C)cc1. The summed E-state index contributed by atoms with van der Waals surface area (Å²) in [5.74, 6) is 0.379. The first-order chi connectivity index (χ1) is 11.1. The third-order valence-corrected chi connectivity index (χ3v) is 3.65. The van der Waals surface area contributed by atoms with Crippen molar-refractivity contribution in [2.45, 2.75) is 26.2 Å². The molecule has 1 aliphatic heterocycles. The highest BCUT2D eigenvalue weighted by Crippen LogP contribution is 2.26. The molecular weight excluding hydrogens is 298 g/mol. The lowest BCUT2D eigenvalue weighted by Crippen LogP contribution is -2.30. The van der Waals surface area contributed by atoms with E-state index in [1.807, 2.05) is 6.92 Å². The highest BCUT2D eigenvalue weighted by molar-refractivity contribution is 5.90. The molecule has 1 aromatic heterocycles. The van der Waals surface area contributed by atoms with Crippen molar-refractivity contribution in [2.24, 2.45) is 0 Å². The summed E-state index contributed by atoms with van der Waals surface area (Å²) in [5, 5.41) is 6.96. The van der Waals surface area contributed by atoms with E-state index in [1.54, 1.807) is 31.4 Å². The van der Waals surface area contributed by atoms with Gasteiger partial charge < -0.3 is 14.8 Å². The number of anilines is 1. The van der Waals surface area contributed by atoms with Crippen molar-refractivity contribution in [3.8, 4) is 5.75 Å². The largest absolute Gasteiger partial charge is 0.497 e. The van der Waals surface area contributed by atoms with Gasteiger partial charge in [-0.1, -0.05) is 0 Å². The molecule has 23 heavy (non-hydrogen) atoms. The fourth-order valence-corrected chi connectivity index (χ4v) is 2.42. The van der Waals surface area contributed by atoms with Crippen LogP contribution in [0.5, 0.6) is 5.75 Å². The maximum absolute atomic E-state index is 12.1. The summed E-state index contributed by atoms with van der Waals surface area (Å²) in [5.41, 5.74) is 1.81. The van der Waals surface area contributed by atoms with Gasteiger partial charge >= 0.3 is 0 Å². The van der Waals surface area contributed by atoms with Gasteiger partial charge in [0.05, 0.1) is 25.5 Å². The summed E-state index contributed by atoms with van der Waals surface area (Å²) in [6.07, 6.45) is -0.165. The van der Waals surface area contributed by atoms with Crippen LogP contribution >= 0.6 is 0 Å². The van der Waals surface area contributed by atoms with E-state index in [1.165, 1.54) is 6.07 Å². The van der Waals surface area contributed by atoms with Crippen molar-refractivity contribution in [3.63, 3.8) is 0 Å². The molecule has 1 N–H and O–H groups in total. The minimum atomic E-state index is -0.323. The summed E-state index contributed by atoms with van der Waals surface area (Å²) in [4.78, 5) is 24.1. The lowest BCUT2D eigenvalue weighted by atomic mass is 10.2. The second-order valence-electron chi connectivity index (χ2n) is 5.28. The zero-order valence-electron chi connectivity index (χ0n) is 12.9. The van der Waals surface area contributed by atoms with Crippen molar-refractivity contribution in [2.75, 3.05) is 12.4 Å². The maximum atomic E-state index is 12.1. The van der Waals surface area contributed by atoms with E-state index in [0.29, 0.717) is 23.7 Å². The minimum absolute atomic E-state index is 0.148. The molecule has 2 heterocycles. The topological polar surface area (TPSA) is 82.5 Å². The van der Waals surface area contributed by atoms with Gasteiger partial charge in [-0.25, -0.2) is 4.68 Å². The fraction of sp³-hybridized carbons (Fsp3) is 0.312. The number of carbonyl (C=O) groups is 1. The summed E-state index contributed by atoms with van der Waals surface area (Å²) < 4.78 is 11.6. The van der Waals surface area contributed by atoms with E-state index in [4.69, 9.17) is 9.47 Å². The van der Waals surface area contributed by atoms with E-state index < -0.39 is 0 Å². The highest BCUT2D eigenvalue weighted by atomic mass is 16.5. The van der Waals surface area contributed by atoms with E-state index in [0.717, 1.165) is 10.2 Å². The predicted octanol–water partition coefficient (Wildman–Crippen LogP) is 1.48. The number of amides is 1. The Morgan fingerprint density at radius 2 is 2.17 bits per heavy atom. The zero-order chi connectivity index (χ0) is 16.4. The molecule has 120 valence electrons. The van der Waals surface area contributed by atoms with E-state index in [9.17, 15) is 9.59 Å². The maximum Gasteiger partial charge on any atom is 0.267 e. The summed E-state index contributed by atoms with van der Waals surface area (Å²) in [6.45, 7) is 2.10. The Bertz CT molecular complexity index is 783. The molecule has 1 unspecified atom stereocenters. The third kappa shape index (κ3) is 3.24. The van der Waals surface area contributed by atoms with Crippen molar-refractivity contribution in [1.82, 2.24) is 9.78 Å². The van der Waals surface area contributed by atoms with E-state index in [2.05, 4.69) is 10.4 Å². The molecule has 7 nitrogen and oxygen atoms in total. The molecule has 0 spiro atoms. The molecule has 0 radical (unpaired) electrons. The Morgan fingerprint density at radius 3 is 2.87 bits per heavy atom. The van der Waals surface area contributed by atoms with Crippen molar-refractivity contribution in [1.29, 1.82) is 0 Å². The summed E-state index contributed by atoms with van der Waals surface area (Å²) >= 11 is 0. The number of hydrogen-bond acceptors (Lipinski definition) is 5. The second kappa shape index (κ2) is 6.21. The molecule has 0 bridgehead atoms. The van der Waals surface area contributed by atoms with Gasteiger partial charge in [-0.05, 0) is 31.2 Å². The van der Waals surface area contributed by atoms with Crippen LogP contribution in [-0.4, -0.2) is 22.8 Å². The Labute approximate surface area is 132 Å². The third-order valence-electron chi connectivity index (χ3n) is 3.65. The van der Waals surface area contributed by atoms with Gasteiger partial charge in [-0.3, -0.25) is 9.59 Å². The number of aromatic nitrogens is 2. The van der Waals surface area contributed by atoms with Crippen molar-refractivity contribution < 1.29 is 14.3 Å². The molecule has 0 saturated carbocycles. The van der Waals surface area contributed by atoms with Crippen LogP contribution in [-0.2, 0) is 22.7 Å². The number of fused-ring (bicyclic) bond motifs is 1. The molecule has 3 rings (SSSR count). The molecule has 1 aromatic carbocycles. The number of nitrogens with one attached hydrogen (secondary N) is 1. The molecule has 1 aliphatic rings. The van der Waals surface area contributed by atoms with Crippen LogP contribution < -0.4 is 15.6 Å². The van der Waals surface area contributed by atoms with Crippen LogP contribution in [0.15, 0.2) is 35.1 Å². The average molecular weight is 315 g/mol. The normalized spacial score (nSPS) is 16.0. The Balaban J connectivity index is 1.72. The Morgan fingerprint density at radius 1 is 1.43 bits per heavy atom. The van der Waals surface area contributed by atoms with Crippen LogP contribution in [0.25, 0.3) is 0 Å². The molecule has 0 fully saturated rings. The first-order valence-corrected chi connectivity index (χ1v) is 7.23. The summed E-state index contributed by atoms with van der Waals surface area (Å²) in [7, 11) is 1.57. The quantitative estimate of drug-likeness (QED) is 0.924. The summed E-state index contributed by atoms with van der Waals surface area (Å²) in [6, 6.07) is 8.42. The molecule has 1 amide bonds. The standard InChI is InChI=1S/C16H17N3O4/c1-10-16-11(9-23-10)7-15(21)19(18-16)8-14(20)17-12-3-5-13(22-2)6-4-12/h3-7,10H,8-9H2,1-2H3,(H,17,20). The minimum Gasteiger partial charge on any atom is -0.497 e. The number of benzene rings is 1. The second-order valence-corrected chi connectivity index (χ2v) is 5.28. The van der Waals surface area contributed by atoms with Gasteiger partial charge in [0.15, 0.2) is 0 Å². The molecule has 7 heteroatoms. The number of hydrogen-bond donors (Lipinski definition) is 1. The number of carbonyl (C=O) groups excluding carboxylic acids is 1. The van der Waals surface area contributed by atoms with Gasteiger partial charge in [0.1, 0.15) is 12.3 Å². The van der Waals surface area contributed by atoms with Crippen LogP contribution in [0, 0.1) is 0 Å². The number of methoxy groups -OCH3 is 1. The molecular formula is C16H17N3O4. The first kappa shape index (κ1) is 15.2. The van der Waals surface area contributed by atoms with Crippen LogP contribution in [0.3, 0.4) is 0 Å². The number of nitrogens with zero attached hydrogens (tertiary/aromatic N) is 2. The van der Waals surface area contributed by atoms with E-state index in [-0.39, 0.29) is 24.1 Å². The zero-order valence-corrected chi connectivity index (χ0v) is 12.9. The van der Waals surface area contributed by atoms with Crippen molar-refractivity contribution in [3.05, 3.63) is 51.9 Å². The van der Waals surface area contributed by atoms with Gasteiger partial charge in [-0.15, -0.1) is 0 Å². The lowest BCUT2D eigenvalue weighted by Gasteiger charge is -2.09. The van der Waals surface area contributed by atoms with Crippen molar-refractivity contribution >= 4 is 11.6 Å². The molecule has 0 saturated heterocycles. The monoisotopic (exact) mass is 315 g/mol. The van der Waals surface area contributed by atoms with Crippen LogP contribution in [0.1, 0.15) is 24.3 Å². The van der Waals surface area contributed by atoms with E-state index >= 15 is 0 Å². The van der Waals surface area contributed by atoms with Gasteiger partial charge in [-0.2, -0.15) is 5.10 Å². The Hall–Kier alpha value is -2.67. The van der Waals surface area contributed by atoms with Gasteiger partial charge in [0.2, 0.25) is 5.91 Å². The molecule has 0 aliphatic carbocycles. The van der Waals surface area contributed by atoms with Gasteiger partial charge in [0.25, 0.3) is 5.56 Å². The lowest BCUT2D eigenvalue weighted by molar-refractivity contribution is -0.117. The Kier molecular flexibility index (Phi) is 4.12. The highest BCUT2D eigenvalue weighted by Gasteiger charge is 2.23.